The second-order valence-corrected chi connectivity index (χ2v) is 6.19. The van der Waals surface area contributed by atoms with E-state index in [4.69, 9.17) is 0 Å². The minimum atomic E-state index is 0.664. The van der Waals surface area contributed by atoms with E-state index < -0.39 is 0 Å². The van der Waals surface area contributed by atoms with Crippen LogP contribution in [0.5, 0.6) is 0 Å². The fourth-order valence-corrected chi connectivity index (χ4v) is 3.31. The molecule has 1 unspecified atom stereocenters. The Balaban J connectivity index is 1.35. The van der Waals surface area contributed by atoms with Gasteiger partial charge in [0, 0.05) is 52.4 Å². The Hall–Kier alpha value is -1.89. The maximum atomic E-state index is 4.45. The van der Waals surface area contributed by atoms with E-state index in [2.05, 4.69) is 42.5 Å². The third-order valence-electron chi connectivity index (χ3n) is 4.63. The number of aromatic nitrogens is 3. The van der Waals surface area contributed by atoms with Gasteiger partial charge in [0.2, 0.25) is 0 Å². The molecule has 0 aromatic carbocycles. The van der Waals surface area contributed by atoms with Crippen molar-refractivity contribution in [1.29, 1.82) is 0 Å². The molecule has 0 radical (unpaired) electrons. The normalized spacial score (nSPS) is 22.2. The summed E-state index contributed by atoms with van der Waals surface area (Å²) < 4.78 is 2.02. The van der Waals surface area contributed by atoms with Crippen molar-refractivity contribution in [3.8, 4) is 0 Å². The van der Waals surface area contributed by atoms with Crippen LogP contribution in [0, 0.1) is 0 Å². The number of rotatable bonds is 6. The molecule has 0 saturated carbocycles. The molecule has 2 aliphatic heterocycles. The van der Waals surface area contributed by atoms with Crippen molar-refractivity contribution >= 4 is 5.96 Å². The molecule has 126 valence electrons. The molecule has 1 fully saturated rings. The van der Waals surface area contributed by atoms with Gasteiger partial charge in [-0.3, -0.25) is 9.89 Å². The van der Waals surface area contributed by atoms with Gasteiger partial charge in [-0.1, -0.05) is 12.2 Å². The standard InChI is InChI=1S/C16H27N7/c1-17-16(18-7-2-3-8-21-13-19-20-14-21)23-11-6-15(12-23)22-9-4-5-10-22/h4-5,13-15H,2-3,6-12H2,1H3,(H,17,18). The molecule has 7 heteroatoms. The molecule has 1 aromatic heterocycles. The quantitative estimate of drug-likeness (QED) is 0.360. The molecule has 0 aliphatic carbocycles. The van der Waals surface area contributed by atoms with E-state index in [1.165, 1.54) is 6.42 Å². The second kappa shape index (κ2) is 8.10. The van der Waals surface area contributed by atoms with Gasteiger partial charge >= 0.3 is 0 Å². The smallest absolute Gasteiger partial charge is 0.193 e. The minimum absolute atomic E-state index is 0.664. The zero-order valence-electron chi connectivity index (χ0n) is 13.9. The zero-order chi connectivity index (χ0) is 15.9. The van der Waals surface area contributed by atoms with Gasteiger partial charge in [0.05, 0.1) is 0 Å². The number of unbranched alkanes of at least 4 members (excludes halogenated alkanes) is 1. The highest BCUT2D eigenvalue weighted by atomic mass is 15.3. The number of nitrogens with one attached hydrogen (secondary N) is 1. The van der Waals surface area contributed by atoms with Crippen molar-refractivity contribution in [2.45, 2.75) is 31.8 Å². The Morgan fingerprint density at radius 1 is 1.22 bits per heavy atom. The van der Waals surface area contributed by atoms with Crippen LogP contribution in [0.25, 0.3) is 0 Å². The average molecular weight is 317 g/mol. The average Bonchev–Trinajstić information content (AvgIpc) is 3.32. The fourth-order valence-electron chi connectivity index (χ4n) is 3.31. The summed E-state index contributed by atoms with van der Waals surface area (Å²) in [5.74, 6) is 1.05. The van der Waals surface area contributed by atoms with Gasteiger partial charge in [0.1, 0.15) is 12.7 Å². The number of aryl methyl sites for hydroxylation is 1. The molecule has 0 bridgehead atoms. The lowest BCUT2D eigenvalue weighted by atomic mass is 10.2. The van der Waals surface area contributed by atoms with Gasteiger partial charge < -0.3 is 14.8 Å². The summed E-state index contributed by atoms with van der Waals surface area (Å²) in [6, 6.07) is 0.664. The third kappa shape index (κ3) is 4.31. The van der Waals surface area contributed by atoms with Crippen LogP contribution in [0.4, 0.5) is 0 Å². The van der Waals surface area contributed by atoms with Crippen molar-refractivity contribution in [1.82, 2.24) is 29.9 Å². The maximum absolute atomic E-state index is 4.45. The number of likely N-dealkylation sites (tertiary alicyclic amines) is 1. The Kier molecular flexibility index (Phi) is 5.63. The summed E-state index contributed by atoms with van der Waals surface area (Å²) in [6.45, 7) is 6.33. The Bertz CT molecular complexity index is 515. The van der Waals surface area contributed by atoms with E-state index in [1.807, 2.05) is 11.6 Å². The lowest BCUT2D eigenvalue weighted by Gasteiger charge is -2.25. The lowest BCUT2D eigenvalue weighted by molar-refractivity contribution is 0.259. The van der Waals surface area contributed by atoms with Gasteiger partial charge in [-0.2, -0.15) is 0 Å². The third-order valence-corrected chi connectivity index (χ3v) is 4.63. The molecule has 0 spiro atoms. The SMILES string of the molecule is CN=C(NCCCCn1cnnc1)N1CCC(N2CC=CC2)C1. The van der Waals surface area contributed by atoms with Crippen molar-refractivity contribution < 1.29 is 0 Å². The molecule has 1 atom stereocenters. The second-order valence-electron chi connectivity index (χ2n) is 6.19. The van der Waals surface area contributed by atoms with Crippen LogP contribution >= 0.6 is 0 Å². The zero-order valence-corrected chi connectivity index (χ0v) is 13.9. The molecular formula is C16H27N7. The van der Waals surface area contributed by atoms with E-state index in [9.17, 15) is 0 Å². The van der Waals surface area contributed by atoms with E-state index >= 15 is 0 Å². The highest BCUT2D eigenvalue weighted by molar-refractivity contribution is 5.80. The minimum Gasteiger partial charge on any atom is -0.356 e. The van der Waals surface area contributed by atoms with Crippen LogP contribution in [0.2, 0.25) is 0 Å². The topological polar surface area (TPSA) is 61.6 Å². The summed E-state index contributed by atoms with van der Waals surface area (Å²) in [5.41, 5.74) is 0. The lowest BCUT2D eigenvalue weighted by Crippen LogP contribution is -2.43. The summed E-state index contributed by atoms with van der Waals surface area (Å²) in [6.07, 6.45) is 11.5. The summed E-state index contributed by atoms with van der Waals surface area (Å²) >= 11 is 0. The van der Waals surface area contributed by atoms with Crippen LogP contribution in [0.15, 0.2) is 29.8 Å². The molecule has 3 heterocycles. The van der Waals surface area contributed by atoms with Gasteiger partial charge in [-0.05, 0) is 19.3 Å². The van der Waals surface area contributed by atoms with Crippen molar-refractivity contribution in [3.05, 3.63) is 24.8 Å². The Labute approximate surface area is 138 Å². The summed E-state index contributed by atoms with van der Waals surface area (Å²) in [5, 5.41) is 11.1. The van der Waals surface area contributed by atoms with Crippen molar-refractivity contribution in [2.24, 2.45) is 4.99 Å². The van der Waals surface area contributed by atoms with E-state index in [0.717, 1.165) is 58.1 Å². The number of hydrogen-bond acceptors (Lipinski definition) is 4. The van der Waals surface area contributed by atoms with Crippen LogP contribution in [0.3, 0.4) is 0 Å². The molecule has 2 aliphatic rings. The van der Waals surface area contributed by atoms with Crippen LogP contribution in [-0.4, -0.2) is 76.3 Å². The molecule has 7 nitrogen and oxygen atoms in total. The largest absolute Gasteiger partial charge is 0.356 e. The monoisotopic (exact) mass is 317 g/mol. The molecule has 3 rings (SSSR count). The first-order valence-electron chi connectivity index (χ1n) is 8.54. The van der Waals surface area contributed by atoms with Crippen molar-refractivity contribution in [2.75, 3.05) is 39.8 Å². The van der Waals surface area contributed by atoms with Crippen LogP contribution < -0.4 is 5.32 Å². The maximum Gasteiger partial charge on any atom is 0.193 e. The highest BCUT2D eigenvalue weighted by Gasteiger charge is 2.29. The summed E-state index contributed by atoms with van der Waals surface area (Å²) in [4.78, 5) is 9.39. The molecule has 23 heavy (non-hydrogen) atoms. The van der Waals surface area contributed by atoms with Gasteiger partial charge in [-0.25, -0.2) is 0 Å². The number of guanidine groups is 1. The predicted molar refractivity (Wildman–Crippen MR) is 91.3 cm³/mol. The molecule has 0 amide bonds. The molecule has 1 aromatic rings. The van der Waals surface area contributed by atoms with E-state index in [-0.39, 0.29) is 0 Å². The van der Waals surface area contributed by atoms with E-state index in [0.29, 0.717) is 6.04 Å². The molecule has 1 N–H and O–H groups in total. The number of aliphatic imine (C=N–C) groups is 1. The first-order valence-corrected chi connectivity index (χ1v) is 8.54. The van der Waals surface area contributed by atoms with Crippen molar-refractivity contribution in [3.63, 3.8) is 0 Å². The van der Waals surface area contributed by atoms with Gasteiger partial charge in [-0.15, -0.1) is 10.2 Å². The van der Waals surface area contributed by atoms with E-state index in [1.54, 1.807) is 12.7 Å². The van der Waals surface area contributed by atoms with Crippen LogP contribution in [0.1, 0.15) is 19.3 Å². The van der Waals surface area contributed by atoms with Gasteiger partial charge in [0.15, 0.2) is 5.96 Å². The molecule has 1 saturated heterocycles. The van der Waals surface area contributed by atoms with Gasteiger partial charge in [0.25, 0.3) is 0 Å². The first-order chi connectivity index (χ1) is 11.4. The van der Waals surface area contributed by atoms with Crippen LogP contribution in [-0.2, 0) is 6.54 Å². The number of nitrogens with zero attached hydrogens (tertiary/aromatic N) is 6. The first kappa shape index (κ1) is 16.0. The fraction of sp³-hybridized carbons (Fsp3) is 0.688. The predicted octanol–water partition coefficient (Wildman–Crippen LogP) is 0.580. The molecular weight excluding hydrogens is 290 g/mol. The highest BCUT2D eigenvalue weighted by Crippen LogP contribution is 2.17. The Morgan fingerprint density at radius 3 is 2.74 bits per heavy atom. The summed E-state index contributed by atoms with van der Waals surface area (Å²) in [7, 11) is 1.88. The number of hydrogen-bond donors (Lipinski definition) is 1. The Morgan fingerprint density at radius 2 is 2.00 bits per heavy atom.